The van der Waals surface area contributed by atoms with E-state index in [0.717, 1.165) is 25.0 Å². The van der Waals surface area contributed by atoms with E-state index in [2.05, 4.69) is 36.5 Å². The normalized spacial score (nSPS) is 26.0. The van der Waals surface area contributed by atoms with Gasteiger partial charge in [0, 0.05) is 24.1 Å². The molecular weight excluding hydrogens is 358 g/mol. The first-order chi connectivity index (χ1) is 13.0. The van der Waals surface area contributed by atoms with E-state index >= 15 is 0 Å². The van der Waals surface area contributed by atoms with Crippen LogP contribution in [0.25, 0.3) is 0 Å². The molecule has 4 rings (SSSR count). The Balaban J connectivity index is 1.52. The minimum atomic E-state index is -2.82. The lowest BCUT2D eigenvalue weighted by Gasteiger charge is -2.37. The van der Waals surface area contributed by atoms with Gasteiger partial charge in [0.15, 0.2) is 0 Å². The third-order valence-corrected chi connectivity index (χ3v) is 7.67. The Hall–Kier alpha value is -1.85. The van der Waals surface area contributed by atoms with Gasteiger partial charge in [-0.25, -0.2) is 8.42 Å². The monoisotopic (exact) mass is 385 g/mol. The van der Waals surface area contributed by atoms with E-state index in [9.17, 15) is 8.42 Å². The van der Waals surface area contributed by atoms with Crippen LogP contribution in [0.5, 0.6) is 5.75 Å². The first kappa shape index (κ1) is 18.5. The van der Waals surface area contributed by atoms with Crippen molar-refractivity contribution in [3.63, 3.8) is 0 Å². The van der Waals surface area contributed by atoms with E-state index in [-0.39, 0.29) is 18.2 Å². The number of rotatable bonds is 4. The molecule has 0 aromatic heterocycles. The summed E-state index contributed by atoms with van der Waals surface area (Å²) in [6.45, 7) is 2.19. The number of nitrogens with one attached hydrogen (secondary N) is 1. The van der Waals surface area contributed by atoms with Gasteiger partial charge in [0.05, 0.1) is 11.5 Å². The summed E-state index contributed by atoms with van der Waals surface area (Å²) in [6, 6.07) is 19.1. The summed E-state index contributed by atoms with van der Waals surface area (Å²) in [5.74, 6) is 1.98. The van der Waals surface area contributed by atoms with Crippen molar-refractivity contribution in [1.29, 1.82) is 0 Å². The highest BCUT2D eigenvalue weighted by atomic mass is 32.2. The molecule has 144 valence electrons. The molecule has 2 aliphatic heterocycles. The topological polar surface area (TPSA) is 55.4 Å². The summed E-state index contributed by atoms with van der Waals surface area (Å²) in [6.07, 6.45) is 2.40. The Kier molecular flexibility index (Phi) is 5.24. The van der Waals surface area contributed by atoms with Crippen molar-refractivity contribution in [2.24, 2.45) is 5.92 Å². The SMILES string of the molecule is CC(N[C@@H]1C[C@@H](c2ccccc2)Oc2ccccc21)C1CCS(=O)(=O)CC1. The molecule has 1 fully saturated rings. The van der Waals surface area contributed by atoms with Crippen molar-refractivity contribution in [2.75, 3.05) is 11.5 Å². The molecule has 0 spiro atoms. The van der Waals surface area contributed by atoms with Gasteiger partial charge in [0.25, 0.3) is 0 Å². The predicted octanol–water partition coefficient (Wildman–Crippen LogP) is 4.05. The van der Waals surface area contributed by atoms with Gasteiger partial charge in [-0.2, -0.15) is 0 Å². The molecule has 27 heavy (non-hydrogen) atoms. The minimum absolute atomic E-state index is 0.0255. The van der Waals surface area contributed by atoms with Crippen LogP contribution >= 0.6 is 0 Å². The molecule has 2 aromatic carbocycles. The highest BCUT2D eigenvalue weighted by molar-refractivity contribution is 7.91. The van der Waals surface area contributed by atoms with Crippen LogP contribution in [0.3, 0.4) is 0 Å². The van der Waals surface area contributed by atoms with Crippen molar-refractivity contribution in [3.8, 4) is 5.75 Å². The van der Waals surface area contributed by atoms with Gasteiger partial charge in [0.1, 0.15) is 21.7 Å². The molecule has 3 atom stereocenters. The number of benzene rings is 2. The van der Waals surface area contributed by atoms with Gasteiger partial charge >= 0.3 is 0 Å². The van der Waals surface area contributed by atoms with Gasteiger partial charge in [-0.3, -0.25) is 0 Å². The number of ether oxygens (including phenoxy) is 1. The largest absolute Gasteiger partial charge is 0.485 e. The van der Waals surface area contributed by atoms with Crippen molar-refractivity contribution in [1.82, 2.24) is 5.32 Å². The first-order valence-corrected chi connectivity index (χ1v) is 11.6. The third-order valence-electron chi connectivity index (χ3n) is 5.96. The smallest absolute Gasteiger partial charge is 0.150 e. The van der Waals surface area contributed by atoms with Crippen LogP contribution in [0.15, 0.2) is 54.6 Å². The van der Waals surface area contributed by atoms with Crippen molar-refractivity contribution >= 4 is 9.84 Å². The molecule has 4 nitrogen and oxygen atoms in total. The predicted molar refractivity (Wildman–Crippen MR) is 108 cm³/mol. The molecule has 0 aliphatic carbocycles. The maximum absolute atomic E-state index is 11.7. The van der Waals surface area contributed by atoms with Crippen LogP contribution in [-0.2, 0) is 9.84 Å². The van der Waals surface area contributed by atoms with E-state index in [0.29, 0.717) is 17.4 Å². The van der Waals surface area contributed by atoms with E-state index in [1.165, 1.54) is 11.1 Å². The van der Waals surface area contributed by atoms with Crippen LogP contribution < -0.4 is 10.1 Å². The van der Waals surface area contributed by atoms with Crippen LogP contribution in [0.4, 0.5) is 0 Å². The van der Waals surface area contributed by atoms with Gasteiger partial charge in [-0.15, -0.1) is 0 Å². The second-order valence-corrected chi connectivity index (χ2v) is 10.1. The fourth-order valence-electron chi connectivity index (χ4n) is 4.31. The zero-order valence-electron chi connectivity index (χ0n) is 15.7. The molecule has 0 amide bonds. The average Bonchev–Trinajstić information content (AvgIpc) is 2.68. The van der Waals surface area contributed by atoms with E-state index < -0.39 is 9.84 Å². The van der Waals surface area contributed by atoms with Gasteiger partial charge in [0.2, 0.25) is 0 Å². The highest BCUT2D eigenvalue weighted by Gasteiger charge is 2.33. The maximum atomic E-state index is 11.7. The summed E-state index contributed by atoms with van der Waals surface area (Å²) in [5.41, 5.74) is 2.38. The lowest BCUT2D eigenvalue weighted by Crippen LogP contribution is -2.41. The van der Waals surface area contributed by atoms with E-state index in [4.69, 9.17) is 4.74 Å². The lowest BCUT2D eigenvalue weighted by molar-refractivity contribution is 0.143. The first-order valence-electron chi connectivity index (χ1n) is 9.79. The quantitative estimate of drug-likeness (QED) is 0.862. The third kappa shape index (κ3) is 4.19. The second-order valence-electron chi connectivity index (χ2n) is 7.79. The summed E-state index contributed by atoms with van der Waals surface area (Å²) in [4.78, 5) is 0. The summed E-state index contributed by atoms with van der Waals surface area (Å²) >= 11 is 0. The average molecular weight is 386 g/mol. The zero-order chi connectivity index (χ0) is 18.9. The summed E-state index contributed by atoms with van der Waals surface area (Å²) in [5, 5.41) is 3.80. The molecule has 1 N–H and O–H groups in total. The van der Waals surface area contributed by atoms with E-state index in [1.807, 2.05) is 30.3 Å². The number of hydrogen-bond donors (Lipinski definition) is 1. The van der Waals surface area contributed by atoms with Crippen molar-refractivity contribution in [3.05, 3.63) is 65.7 Å². The minimum Gasteiger partial charge on any atom is -0.485 e. The summed E-state index contributed by atoms with van der Waals surface area (Å²) in [7, 11) is -2.82. The van der Waals surface area contributed by atoms with Crippen molar-refractivity contribution < 1.29 is 13.2 Å². The fourth-order valence-corrected chi connectivity index (χ4v) is 5.84. The molecule has 5 heteroatoms. The van der Waals surface area contributed by atoms with Gasteiger partial charge < -0.3 is 10.1 Å². The van der Waals surface area contributed by atoms with Gasteiger partial charge in [-0.1, -0.05) is 48.5 Å². The Labute approximate surface area is 161 Å². The fraction of sp³-hybridized carbons (Fsp3) is 0.455. The van der Waals surface area contributed by atoms with Crippen LogP contribution in [-0.4, -0.2) is 26.0 Å². The van der Waals surface area contributed by atoms with Crippen LogP contribution in [0.2, 0.25) is 0 Å². The van der Waals surface area contributed by atoms with Crippen LogP contribution in [0, 0.1) is 5.92 Å². The van der Waals surface area contributed by atoms with Crippen LogP contribution in [0.1, 0.15) is 49.5 Å². The van der Waals surface area contributed by atoms with Gasteiger partial charge in [-0.05, 0) is 37.3 Å². The Bertz CT molecular complexity index is 867. The number of hydrogen-bond acceptors (Lipinski definition) is 4. The molecule has 0 saturated carbocycles. The lowest BCUT2D eigenvalue weighted by atomic mass is 9.89. The maximum Gasteiger partial charge on any atom is 0.150 e. The Morgan fingerprint density at radius 1 is 1.00 bits per heavy atom. The molecule has 1 unspecified atom stereocenters. The highest BCUT2D eigenvalue weighted by Crippen LogP contribution is 2.41. The zero-order valence-corrected chi connectivity index (χ0v) is 16.5. The molecule has 0 bridgehead atoms. The molecule has 0 radical (unpaired) electrons. The second kappa shape index (κ2) is 7.64. The number of fused-ring (bicyclic) bond motifs is 1. The number of sulfone groups is 1. The molecule has 2 aliphatic rings. The van der Waals surface area contributed by atoms with E-state index in [1.54, 1.807) is 0 Å². The standard InChI is InChI=1S/C22H27NO3S/c1-16(17-11-13-27(24,25)14-12-17)23-20-15-22(18-7-3-2-4-8-18)26-21-10-6-5-9-19(20)21/h2-10,16-17,20,22-23H,11-15H2,1H3/t16?,20-,22+/m1/s1. The molecular formula is C22H27NO3S. The van der Waals surface area contributed by atoms with Crippen molar-refractivity contribution in [2.45, 2.75) is 44.4 Å². The number of para-hydroxylation sites is 1. The molecule has 1 saturated heterocycles. The molecule has 2 heterocycles. The summed E-state index contributed by atoms with van der Waals surface area (Å²) < 4.78 is 29.8. The Morgan fingerprint density at radius 2 is 1.67 bits per heavy atom. The Morgan fingerprint density at radius 3 is 2.41 bits per heavy atom. The molecule has 2 aromatic rings.